The Morgan fingerprint density at radius 3 is 1.86 bits per heavy atom. The number of nitrogens with zero attached hydrogens (tertiary/aromatic N) is 3. The average Bonchev–Trinajstić information content (AvgIpc) is 3.57. The first-order valence-corrected chi connectivity index (χ1v) is 13.0. The molecule has 0 spiro atoms. The normalized spacial score (nSPS) is 17.0. The van der Waals surface area contributed by atoms with E-state index in [0.29, 0.717) is 23.4 Å². The number of aromatic amines is 2. The fourth-order valence-corrected chi connectivity index (χ4v) is 5.37. The fraction of sp³-hybridized carbons (Fsp3) is 0.462. The number of nitrogens with one attached hydrogen (secondary N) is 4. The molecule has 0 bridgehead atoms. The molecule has 2 aliphatic rings. The molecule has 6 N–H and O–H groups in total. The molecule has 190 valence electrons. The lowest BCUT2D eigenvalue weighted by Crippen LogP contribution is -2.23. The monoisotopic (exact) mass is 490 g/mol. The Bertz CT molecular complexity index is 1320. The molecule has 0 saturated heterocycles. The Morgan fingerprint density at radius 1 is 0.806 bits per heavy atom. The second-order valence-corrected chi connectivity index (χ2v) is 9.80. The zero-order valence-electron chi connectivity index (χ0n) is 20.4. The maximum atomic E-state index is 11.1. The molecule has 10 heteroatoms. The molecule has 4 heterocycles. The Morgan fingerprint density at radius 2 is 1.31 bits per heavy atom. The van der Waals surface area contributed by atoms with Crippen molar-refractivity contribution in [2.45, 2.75) is 76.3 Å². The second-order valence-electron chi connectivity index (χ2n) is 9.80. The molecule has 36 heavy (non-hydrogen) atoms. The summed E-state index contributed by atoms with van der Waals surface area (Å²) in [5.74, 6) is 0. The van der Waals surface area contributed by atoms with Crippen molar-refractivity contribution in [2.75, 3.05) is 16.4 Å². The number of fused-ring (bicyclic) bond motifs is 2. The van der Waals surface area contributed by atoms with Crippen molar-refractivity contribution >= 4 is 44.8 Å². The van der Waals surface area contributed by atoms with Crippen molar-refractivity contribution in [3.63, 3.8) is 0 Å². The molecule has 0 aliphatic heterocycles. The first-order valence-electron chi connectivity index (χ1n) is 13.0. The lowest BCUT2D eigenvalue weighted by atomic mass is 9.95. The summed E-state index contributed by atoms with van der Waals surface area (Å²) in [5, 5.41) is 20.0. The van der Waals surface area contributed by atoms with Gasteiger partial charge in [0.05, 0.1) is 22.5 Å². The van der Waals surface area contributed by atoms with Crippen LogP contribution in [0.2, 0.25) is 0 Å². The van der Waals surface area contributed by atoms with Gasteiger partial charge in [0.25, 0.3) is 0 Å². The van der Waals surface area contributed by atoms with Crippen LogP contribution in [-0.4, -0.2) is 36.9 Å². The minimum Gasteiger partial charge on any atom is -0.396 e. The highest BCUT2D eigenvalue weighted by Gasteiger charge is 2.22. The number of aromatic nitrogens is 4. The van der Waals surface area contributed by atoms with Crippen LogP contribution < -0.4 is 16.4 Å². The van der Waals surface area contributed by atoms with Crippen LogP contribution in [-0.2, 0) is 0 Å². The van der Waals surface area contributed by atoms with Gasteiger partial charge in [-0.2, -0.15) is 0 Å². The van der Waals surface area contributed by atoms with Gasteiger partial charge >= 0.3 is 5.69 Å². The molecule has 6 rings (SSSR count). The molecule has 2 saturated carbocycles. The highest BCUT2D eigenvalue weighted by molar-refractivity contribution is 5.96. The van der Waals surface area contributed by atoms with Crippen LogP contribution in [0.3, 0.4) is 0 Å². The largest absolute Gasteiger partial charge is 0.396 e. The minimum atomic E-state index is -0.370. The van der Waals surface area contributed by atoms with Gasteiger partial charge in [-0.05, 0) is 37.8 Å². The number of pyridine rings is 2. The van der Waals surface area contributed by atoms with E-state index in [9.17, 15) is 10.1 Å². The number of rotatable bonds is 5. The van der Waals surface area contributed by atoms with Crippen molar-refractivity contribution in [2.24, 2.45) is 0 Å². The van der Waals surface area contributed by atoms with Gasteiger partial charge in [0, 0.05) is 35.2 Å². The van der Waals surface area contributed by atoms with E-state index < -0.39 is 0 Å². The Hall–Kier alpha value is -3.82. The maximum Gasteiger partial charge on any atom is 0.311 e. The third kappa shape index (κ3) is 5.22. The first kappa shape index (κ1) is 23.9. The van der Waals surface area contributed by atoms with E-state index in [0.717, 1.165) is 40.6 Å². The molecular weight excluding hydrogens is 456 g/mol. The van der Waals surface area contributed by atoms with Gasteiger partial charge in [-0.15, -0.1) is 0 Å². The molecule has 2 aliphatic carbocycles. The topological polar surface area (TPSA) is 151 Å². The number of hydrogen-bond donors (Lipinski definition) is 5. The van der Waals surface area contributed by atoms with E-state index in [1.54, 1.807) is 12.4 Å². The van der Waals surface area contributed by atoms with Crippen LogP contribution in [0.5, 0.6) is 0 Å². The summed E-state index contributed by atoms with van der Waals surface area (Å²) < 4.78 is 0. The SMILES string of the molecule is Nc1cnc2[nH]ccc2c1NC1CCCCC1.O=[N+]([O-])c1cnc2[nH]ccc2c1NC1CCCCC1. The maximum absolute atomic E-state index is 11.1. The highest BCUT2D eigenvalue weighted by Crippen LogP contribution is 2.34. The molecule has 0 unspecified atom stereocenters. The van der Waals surface area contributed by atoms with Crippen LogP contribution in [0.1, 0.15) is 64.2 Å². The molecule has 0 atom stereocenters. The highest BCUT2D eigenvalue weighted by atomic mass is 16.6. The van der Waals surface area contributed by atoms with Gasteiger partial charge in [-0.25, -0.2) is 9.97 Å². The summed E-state index contributed by atoms with van der Waals surface area (Å²) in [7, 11) is 0. The van der Waals surface area contributed by atoms with Gasteiger partial charge in [0.15, 0.2) is 0 Å². The molecule has 2 fully saturated rings. The molecule has 0 aromatic carbocycles. The molecule has 0 amide bonds. The standard InChI is InChI=1S/C13H16N4O2.C13H18N4/c18-17(19)11-8-15-13-10(6-7-14-13)12(11)16-9-4-2-1-3-5-9;14-11-8-16-13-10(6-7-15-13)12(11)17-9-4-2-1-3-5-9/h6-9H,1-5H2,(H2,14,15,16);6-9H,1-5,14H2,(H2,15,16,17). The van der Waals surface area contributed by atoms with Crippen molar-refractivity contribution in [3.8, 4) is 0 Å². The molecule has 4 aromatic heterocycles. The molecule has 10 nitrogen and oxygen atoms in total. The zero-order valence-corrected chi connectivity index (χ0v) is 20.4. The van der Waals surface area contributed by atoms with Crippen molar-refractivity contribution in [3.05, 3.63) is 47.0 Å². The Labute approximate surface area is 209 Å². The van der Waals surface area contributed by atoms with Crippen LogP contribution in [0.15, 0.2) is 36.9 Å². The second kappa shape index (κ2) is 10.8. The number of nitrogen functional groups attached to an aromatic ring is 1. The summed E-state index contributed by atoms with van der Waals surface area (Å²) in [5.41, 5.74) is 10.0. The molecule has 4 aromatic rings. The quantitative estimate of drug-likeness (QED) is 0.167. The molecular formula is C26H34N8O2. The zero-order chi connectivity index (χ0) is 24.9. The third-order valence-corrected chi connectivity index (χ3v) is 7.29. The van der Waals surface area contributed by atoms with Crippen LogP contribution in [0, 0.1) is 10.1 Å². The predicted molar refractivity (Wildman–Crippen MR) is 144 cm³/mol. The van der Waals surface area contributed by atoms with Gasteiger partial charge in [-0.3, -0.25) is 10.1 Å². The van der Waals surface area contributed by atoms with Gasteiger partial charge < -0.3 is 26.3 Å². The van der Waals surface area contributed by atoms with Gasteiger partial charge in [0.1, 0.15) is 23.2 Å². The number of H-pyrrole nitrogens is 2. The summed E-state index contributed by atoms with van der Waals surface area (Å²) in [6, 6.07) is 4.75. The van der Waals surface area contributed by atoms with Crippen LogP contribution in [0.25, 0.3) is 22.1 Å². The smallest absolute Gasteiger partial charge is 0.311 e. The van der Waals surface area contributed by atoms with E-state index in [2.05, 4.69) is 30.6 Å². The van der Waals surface area contributed by atoms with Crippen molar-refractivity contribution in [1.82, 2.24) is 19.9 Å². The lowest BCUT2D eigenvalue weighted by molar-refractivity contribution is -0.384. The fourth-order valence-electron chi connectivity index (χ4n) is 5.37. The predicted octanol–water partition coefficient (Wildman–Crippen LogP) is 6.11. The lowest BCUT2D eigenvalue weighted by Gasteiger charge is -2.24. The molecule has 0 radical (unpaired) electrons. The number of hydrogen-bond acceptors (Lipinski definition) is 7. The van der Waals surface area contributed by atoms with E-state index in [-0.39, 0.29) is 10.6 Å². The minimum absolute atomic E-state index is 0.0534. The van der Waals surface area contributed by atoms with Crippen LogP contribution in [0.4, 0.5) is 22.7 Å². The third-order valence-electron chi connectivity index (χ3n) is 7.29. The van der Waals surface area contributed by atoms with E-state index in [1.165, 1.54) is 57.6 Å². The van der Waals surface area contributed by atoms with Gasteiger partial charge in [-0.1, -0.05) is 38.5 Å². The summed E-state index contributed by atoms with van der Waals surface area (Å²) in [6.45, 7) is 0. The number of nitrogens with two attached hydrogens (primary N) is 1. The number of nitro groups is 1. The van der Waals surface area contributed by atoms with Gasteiger partial charge in [0.2, 0.25) is 0 Å². The van der Waals surface area contributed by atoms with Crippen molar-refractivity contribution in [1.29, 1.82) is 0 Å². The summed E-state index contributed by atoms with van der Waals surface area (Å²) in [6.07, 6.45) is 19.0. The summed E-state index contributed by atoms with van der Waals surface area (Å²) in [4.78, 5) is 25.2. The van der Waals surface area contributed by atoms with E-state index in [1.807, 2.05) is 18.3 Å². The van der Waals surface area contributed by atoms with E-state index >= 15 is 0 Å². The average molecular weight is 491 g/mol. The Kier molecular flexibility index (Phi) is 7.20. The van der Waals surface area contributed by atoms with E-state index in [4.69, 9.17) is 5.73 Å². The summed E-state index contributed by atoms with van der Waals surface area (Å²) >= 11 is 0. The number of anilines is 3. The van der Waals surface area contributed by atoms with Crippen molar-refractivity contribution < 1.29 is 4.92 Å². The first-order chi connectivity index (χ1) is 17.6. The van der Waals surface area contributed by atoms with Crippen LogP contribution >= 0.6 is 0 Å². The Balaban J connectivity index is 0.000000149.